The van der Waals surface area contributed by atoms with E-state index in [1.54, 1.807) is 5.56 Å². The third kappa shape index (κ3) is 0.772. The second kappa shape index (κ2) is 2.15. The van der Waals surface area contributed by atoms with Gasteiger partial charge >= 0.3 is 0 Å². The van der Waals surface area contributed by atoms with Crippen LogP contribution in [0.15, 0.2) is 6.07 Å². The number of aryl methyl sites for hydroxylation is 3. The Hall–Kier alpha value is -0.720. The summed E-state index contributed by atoms with van der Waals surface area (Å²) in [5.74, 6) is 0. The van der Waals surface area contributed by atoms with Crippen LogP contribution in [0, 0.1) is 0 Å². The Morgan fingerprint density at radius 2 is 2.40 bits per heavy atom. The van der Waals surface area contributed by atoms with Crippen molar-refractivity contribution < 1.29 is 0 Å². The van der Waals surface area contributed by atoms with Gasteiger partial charge in [-0.05, 0) is 37.3 Å². The average molecular weight is 135 g/mol. The zero-order valence-electron chi connectivity index (χ0n) is 6.41. The number of hydrogen-bond acceptors (Lipinski definition) is 0. The molecule has 10 heavy (non-hydrogen) atoms. The first-order valence-electron chi connectivity index (χ1n) is 4.10. The smallest absolute Gasteiger partial charge is 0.0181 e. The normalized spacial score (nSPS) is 15.7. The lowest BCUT2D eigenvalue weighted by atomic mass is 10.2. The molecular weight excluding hydrogens is 122 g/mol. The Kier molecular flexibility index (Phi) is 1.30. The lowest BCUT2D eigenvalue weighted by Crippen LogP contribution is -1.81. The molecule has 0 aromatic carbocycles. The summed E-state index contributed by atoms with van der Waals surface area (Å²) in [4.78, 5) is 3.44. The van der Waals surface area contributed by atoms with E-state index < -0.39 is 0 Å². The first-order chi connectivity index (χ1) is 4.90. The molecule has 1 aromatic rings. The number of aromatic amines is 1. The predicted molar refractivity (Wildman–Crippen MR) is 42.2 cm³/mol. The molecule has 0 saturated carbocycles. The molecule has 2 rings (SSSR count). The van der Waals surface area contributed by atoms with E-state index in [-0.39, 0.29) is 0 Å². The summed E-state index contributed by atoms with van der Waals surface area (Å²) in [6.45, 7) is 2.20. The average Bonchev–Trinajstić information content (AvgIpc) is 2.42. The van der Waals surface area contributed by atoms with Gasteiger partial charge in [0, 0.05) is 11.4 Å². The highest BCUT2D eigenvalue weighted by molar-refractivity contribution is 5.29. The standard InChI is InChI=1S/C9H13N/c1-2-8-6-7-4-3-5-9(7)10-8/h6,10H,2-5H2,1H3. The van der Waals surface area contributed by atoms with Crippen LogP contribution in [0.25, 0.3) is 0 Å². The van der Waals surface area contributed by atoms with E-state index in [2.05, 4.69) is 18.0 Å². The van der Waals surface area contributed by atoms with E-state index in [0.29, 0.717) is 0 Å². The number of aromatic nitrogens is 1. The van der Waals surface area contributed by atoms with Crippen molar-refractivity contribution in [1.82, 2.24) is 4.98 Å². The molecule has 54 valence electrons. The quantitative estimate of drug-likeness (QED) is 0.606. The minimum atomic E-state index is 1.15. The van der Waals surface area contributed by atoms with Crippen LogP contribution in [-0.4, -0.2) is 4.98 Å². The van der Waals surface area contributed by atoms with Crippen molar-refractivity contribution in [3.05, 3.63) is 23.0 Å². The highest BCUT2D eigenvalue weighted by atomic mass is 14.7. The molecule has 1 aliphatic carbocycles. The van der Waals surface area contributed by atoms with Crippen LogP contribution >= 0.6 is 0 Å². The topological polar surface area (TPSA) is 15.8 Å². The first kappa shape index (κ1) is 6.02. The summed E-state index contributed by atoms with van der Waals surface area (Å²) < 4.78 is 0. The molecule has 1 aliphatic rings. The number of nitrogens with one attached hydrogen (secondary N) is 1. The van der Waals surface area contributed by atoms with Gasteiger partial charge in [-0.15, -0.1) is 0 Å². The molecule has 1 aromatic heterocycles. The maximum Gasteiger partial charge on any atom is 0.0181 e. The van der Waals surface area contributed by atoms with Crippen molar-refractivity contribution >= 4 is 0 Å². The number of hydrogen-bond donors (Lipinski definition) is 1. The largest absolute Gasteiger partial charge is 0.362 e. The molecule has 0 saturated heterocycles. The molecule has 0 spiro atoms. The molecule has 0 fully saturated rings. The van der Waals surface area contributed by atoms with Crippen LogP contribution in [-0.2, 0) is 19.3 Å². The monoisotopic (exact) mass is 135 g/mol. The third-order valence-corrected chi connectivity index (χ3v) is 2.30. The second-order valence-corrected chi connectivity index (χ2v) is 3.01. The fraction of sp³-hybridized carbons (Fsp3) is 0.556. The Morgan fingerprint density at radius 3 is 3.10 bits per heavy atom. The minimum Gasteiger partial charge on any atom is -0.362 e. The second-order valence-electron chi connectivity index (χ2n) is 3.01. The van der Waals surface area contributed by atoms with Crippen LogP contribution in [0.2, 0.25) is 0 Å². The van der Waals surface area contributed by atoms with Gasteiger partial charge in [0.15, 0.2) is 0 Å². The van der Waals surface area contributed by atoms with Crippen LogP contribution in [0.5, 0.6) is 0 Å². The fourth-order valence-corrected chi connectivity index (χ4v) is 1.70. The molecule has 0 radical (unpaired) electrons. The van der Waals surface area contributed by atoms with Gasteiger partial charge in [0.25, 0.3) is 0 Å². The summed E-state index contributed by atoms with van der Waals surface area (Å²) in [5.41, 5.74) is 4.47. The van der Waals surface area contributed by atoms with Gasteiger partial charge in [0.05, 0.1) is 0 Å². The van der Waals surface area contributed by atoms with E-state index in [0.717, 1.165) is 6.42 Å². The molecular formula is C9H13N. The van der Waals surface area contributed by atoms with Crippen molar-refractivity contribution in [2.24, 2.45) is 0 Å². The summed E-state index contributed by atoms with van der Waals surface area (Å²) >= 11 is 0. The number of rotatable bonds is 1. The fourth-order valence-electron chi connectivity index (χ4n) is 1.70. The first-order valence-corrected chi connectivity index (χ1v) is 4.10. The molecule has 0 atom stereocenters. The molecule has 1 heterocycles. The molecule has 1 nitrogen and oxygen atoms in total. The summed E-state index contributed by atoms with van der Waals surface area (Å²) in [6.07, 6.45) is 5.07. The third-order valence-electron chi connectivity index (χ3n) is 2.30. The highest BCUT2D eigenvalue weighted by Gasteiger charge is 2.12. The van der Waals surface area contributed by atoms with Crippen molar-refractivity contribution in [1.29, 1.82) is 0 Å². The van der Waals surface area contributed by atoms with E-state index >= 15 is 0 Å². The van der Waals surface area contributed by atoms with Crippen LogP contribution in [0.3, 0.4) is 0 Å². The van der Waals surface area contributed by atoms with Gasteiger partial charge < -0.3 is 4.98 Å². The molecule has 1 heteroatoms. The summed E-state index contributed by atoms with van der Waals surface area (Å²) in [5, 5.41) is 0. The molecule has 0 bridgehead atoms. The van der Waals surface area contributed by atoms with E-state index in [1.165, 1.54) is 30.7 Å². The summed E-state index contributed by atoms with van der Waals surface area (Å²) in [6, 6.07) is 2.32. The Morgan fingerprint density at radius 1 is 1.50 bits per heavy atom. The highest BCUT2D eigenvalue weighted by Crippen LogP contribution is 2.21. The number of H-pyrrole nitrogens is 1. The maximum atomic E-state index is 3.44. The van der Waals surface area contributed by atoms with Gasteiger partial charge in [0.1, 0.15) is 0 Å². The predicted octanol–water partition coefficient (Wildman–Crippen LogP) is 2.07. The zero-order valence-corrected chi connectivity index (χ0v) is 6.41. The van der Waals surface area contributed by atoms with Crippen molar-refractivity contribution in [2.75, 3.05) is 0 Å². The van der Waals surface area contributed by atoms with Crippen molar-refractivity contribution in [2.45, 2.75) is 32.6 Å². The van der Waals surface area contributed by atoms with E-state index in [9.17, 15) is 0 Å². The van der Waals surface area contributed by atoms with Gasteiger partial charge in [-0.2, -0.15) is 0 Å². The lowest BCUT2D eigenvalue weighted by molar-refractivity contribution is 0.879. The van der Waals surface area contributed by atoms with Crippen LogP contribution in [0.1, 0.15) is 30.3 Å². The van der Waals surface area contributed by atoms with E-state index in [4.69, 9.17) is 0 Å². The van der Waals surface area contributed by atoms with Crippen LogP contribution < -0.4 is 0 Å². The Labute approximate surface area is 61.5 Å². The van der Waals surface area contributed by atoms with Gasteiger partial charge in [0.2, 0.25) is 0 Å². The van der Waals surface area contributed by atoms with Crippen molar-refractivity contribution in [3.63, 3.8) is 0 Å². The van der Waals surface area contributed by atoms with Crippen LogP contribution in [0.4, 0.5) is 0 Å². The molecule has 0 aliphatic heterocycles. The van der Waals surface area contributed by atoms with Gasteiger partial charge in [-0.1, -0.05) is 6.92 Å². The summed E-state index contributed by atoms with van der Waals surface area (Å²) in [7, 11) is 0. The maximum absolute atomic E-state index is 3.44. The molecule has 1 N–H and O–H groups in total. The zero-order chi connectivity index (χ0) is 6.97. The number of fused-ring (bicyclic) bond motifs is 1. The SMILES string of the molecule is CCc1cc2c([nH]1)CCC2. The molecule has 0 amide bonds. The lowest BCUT2D eigenvalue weighted by Gasteiger charge is -1.88. The Bertz CT molecular complexity index is 213. The van der Waals surface area contributed by atoms with E-state index in [1.807, 2.05) is 0 Å². The van der Waals surface area contributed by atoms with Gasteiger partial charge in [-0.3, -0.25) is 0 Å². The molecule has 0 unspecified atom stereocenters. The minimum absolute atomic E-state index is 1.15. The van der Waals surface area contributed by atoms with Crippen molar-refractivity contribution in [3.8, 4) is 0 Å². The van der Waals surface area contributed by atoms with Gasteiger partial charge in [-0.25, -0.2) is 0 Å². The Balaban J connectivity index is 2.37.